The molecule has 1 amide bonds. The molecule has 2 fully saturated rings. The second-order valence-electron chi connectivity index (χ2n) is 5.34. The Balaban J connectivity index is 2.34. The van der Waals surface area contributed by atoms with E-state index < -0.39 is 38.8 Å². The SMILES string of the molecule is CC(C)O/N=C1\C(=O)N2[C@@H]1S(=O)C(C)(C)[C@@H]2C(=O)O. The van der Waals surface area contributed by atoms with E-state index in [1.165, 1.54) is 0 Å². The number of hydrogen-bond donors (Lipinski definition) is 1. The smallest absolute Gasteiger partial charge is 0.328 e. The first-order valence-electron chi connectivity index (χ1n) is 5.89. The molecule has 0 aliphatic carbocycles. The van der Waals surface area contributed by atoms with E-state index in [0.29, 0.717) is 0 Å². The zero-order chi connectivity index (χ0) is 14.5. The molecule has 19 heavy (non-hydrogen) atoms. The molecule has 2 rings (SSSR count). The molecule has 3 atom stereocenters. The van der Waals surface area contributed by atoms with Crippen LogP contribution in [-0.2, 0) is 25.2 Å². The summed E-state index contributed by atoms with van der Waals surface area (Å²) in [4.78, 5) is 29.3. The second-order valence-corrected chi connectivity index (χ2v) is 7.43. The number of oxime groups is 1. The fraction of sp³-hybridized carbons (Fsp3) is 0.727. The van der Waals surface area contributed by atoms with Crippen molar-refractivity contribution in [1.82, 2.24) is 4.90 Å². The quantitative estimate of drug-likeness (QED) is 0.579. The second kappa shape index (κ2) is 4.29. The maximum Gasteiger partial charge on any atom is 0.328 e. The first-order valence-corrected chi connectivity index (χ1v) is 7.10. The third-order valence-corrected chi connectivity index (χ3v) is 5.31. The monoisotopic (exact) mass is 288 g/mol. The zero-order valence-corrected chi connectivity index (χ0v) is 11.9. The average Bonchev–Trinajstić information content (AvgIpc) is 2.46. The summed E-state index contributed by atoms with van der Waals surface area (Å²) in [5.41, 5.74) is 0.0452. The predicted octanol–water partition coefficient (Wildman–Crippen LogP) is -0.0702. The number of hydrogen-bond acceptors (Lipinski definition) is 5. The summed E-state index contributed by atoms with van der Waals surface area (Å²) in [7, 11) is -1.52. The van der Waals surface area contributed by atoms with Gasteiger partial charge in [-0.05, 0) is 27.7 Å². The zero-order valence-electron chi connectivity index (χ0n) is 11.1. The molecule has 7 nitrogen and oxygen atoms in total. The van der Waals surface area contributed by atoms with Crippen LogP contribution in [0.5, 0.6) is 0 Å². The molecular weight excluding hydrogens is 272 g/mol. The molecule has 8 heteroatoms. The van der Waals surface area contributed by atoms with Crippen LogP contribution < -0.4 is 0 Å². The Kier molecular flexibility index (Phi) is 3.16. The number of amides is 1. The average molecular weight is 288 g/mol. The molecule has 0 aromatic heterocycles. The molecule has 0 radical (unpaired) electrons. The minimum absolute atomic E-state index is 0.0452. The molecule has 2 aliphatic rings. The van der Waals surface area contributed by atoms with E-state index in [9.17, 15) is 18.9 Å². The Labute approximate surface area is 113 Å². The Morgan fingerprint density at radius 2 is 2.11 bits per heavy atom. The van der Waals surface area contributed by atoms with Crippen molar-refractivity contribution in [2.24, 2.45) is 5.16 Å². The van der Waals surface area contributed by atoms with Gasteiger partial charge >= 0.3 is 5.97 Å². The maximum atomic E-state index is 12.3. The lowest BCUT2D eigenvalue weighted by Gasteiger charge is -2.36. The molecule has 2 heterocycles. The molecule has 1 unspecified atom stereocenters. The Hall–Kier alpha value is -1.44. The molecular formula is C11H16N2O5S. The molecule has 2 aliphatic heterocycles. The van der Waals surface area contributed by atoms with Gasteiger partial charge in [-0.2, -0.15) is 0 Å². The van der Waals surface area contributed by atoms with Gasteiger partial charge in [0.25, 0.3) is 5.91 Å². The van der Waals surface area contributed by atoms with Crippen molar-refractivity contribution in [2.75, 3.05) is 0 Å². The van der Waals surface area contributed by atoms with Crippen LogP contribution in [0.2, 0.25) is 0 Å². The van der Waals surface area contributed by atoms with E-state index in [1.807, 2.05) is 0 Å². The van der Waals surface area contributed by atoms with Gasteiger partial charge in [-0.1, -0.05) is 5.16 Å². The lowest BCUT2D eigenvalue weighted by atomic mass is 9.98. The largest absolute Gasteiger partial charge is 0.480 e. The van der Waals surface area contributed by atoms with E-state index in [-0.39, 0.29) is 11.8 Å². The van der Waals surface area contributed by atoms with Crippen molar-refractivity contribution in [3.05, 3.63) is 0 Å². The molecule has 0 spiro atoms. The van der Waals surface area contributed by atoms with Crippen LogP contribution in [0.4, 0.5) is 0 Å². The number of carbonyl (C=O) groups excluding carboxylic acids is 1. The van der Waals surface area contributed by atoms with Crippen LogP contribution in [-0.4, -0.2) is 54.1 Å². The number of carbonyl (C=O) groups is 2. The first kappa shape index (κ1) is 14.0. The number of nitrogens with zero attached hydrogens (tertiary/aromatic N) is 2. The number of carboxylic acids is 1. The lowest BCUT2D eigenvalue weighted by Crippen LogP contribution is -2.64. The van der Waals surface area contributed by atoms with Gasteiger partial charge < -0.3 is 14.8 Å². The Morgan fingerprint density at radius 3 is 2.58 bits per heavy atom. The lowest BCUT2D eigenvalue weighted by molar-refractivity contribution is -0.150. The Morgan fingerprint density at radius 1 is 1.53 bits per heavy atom. The highest BCUT2D eigenvalue weighted by atomic mass is 32.2. The molecule has 0 bridgehead atoms. The number of carboxylic acid groups (broad SMARTS) is 1. The number of fused-ring (bicyclic) bond motifs is 1. The van der Waals surface area contributed by atoms with E-state index in [2.05, 4.69) is 5.16 Å². The Bertz CT molecular complexity index is 499. The summed E-state index contributed by atoms with van der Waals surface area (Å²) in [5, 5.41) is 12.1. The van der Waals surface area contributed by atoms with Crippen LogP contribution >= 0.6 is 0 Å². The minimum atomic E-state index is -1.52. The van der Waals surface area contributed by atoms with Gasteiger partial charge in [-0.25, -0.2) is 4.79 Å². The molecule has 0 saturated carbocycles. The molecule has 0 aromatic rings. The number of β-lactam (4-membered cyclic amide) rings is 1. The number of rotatable bonds is 3. The van der Waals surface area contributed by atoms with Gasteiger partial charge in [0.15, 0.2) is 11.1 Å². The highest BCUT2D eigenvalue weighted by molar-refractivity contribution is 7.88. The minimum Gasteiger partial charge on any atom is -0.480 e. The van der Waals surface area contributed by atoms with Gasteiger partial charge in [0.05, 0.1) is 15.5 Å². The van der Waals surface area contributed by atoms with E-state index >= 15 is 0 Å². The van der Waals surface area contributed by atoms with E-state index in [1.54, 1.807) is 27.7 Å². The fourth-order valence-electron chi connectivity index (χ4n) is 2.26. The molecule has 0 aromatic carbocycles. The van der Waals surface area contributed by atoms with Gasteiger partial charge in [0, 0.05) is 0 Å². The third kappa shape index (κ3) is 1.85. The normalized spacial score (nSPS) is 34.4. The van der Waals surface area contributed by atoms with Crippen LogP contribution in [0.1, 0.15) is 27.7 Å². The van der Waals surface area contributed by atoms with Crippen LogP contribution in [0.25, 0.3) is 0 Å². The summed E-state index contributed by atoms with van der Waals surface area (Å²) in [5.74, 6) is -1.67. The summed E-state index contributed by atoms with van der Waals surface area (Å²) in [6.45, 7) is 6.66. The first-order chi connectivity index (χ1) is 8.69. The van der Waals surface area contributed by atoms with Gasteiger partial charge in [-0.3, -0.25) is 9.00 Å². The fourth-order valence-corrected chi connectivity index (χ4v) is 4.04. The van der Waals surface area contributed by atoms with Crippen molar-refractivity contribution < 1.29 is 23.7 Å². The van der Waals surface area contributed by atoms with Crippen LogP contribution in [0, 0.1) is 0 Å². The molecule has 2 saturated heterocycles. The van der Waals surface area contributed by atoms with Crippen LogP contribution in [0.15, 0.2) is 5.16 Å². The predicted molar refractivity (Wildman–Crippen MR) is 67.9 cm³/mol. The van der Waals surface area contributed by atoms with Gasteiger partial charge in [0.1, 0.15) is 12.1 Å². The molecule has 106 valence electrons. The summed E-state index contributed by atoms with van der Waals surface area (Å²) in [6, 6.07) is -1.09. The van der Waals surface area contributed by atoms with E-state index in [0.717, 1.165) is 4.90 Å². The van der Waals surface area contributed by atoms with Gasteiger partial charge in [0.2, 0.25) is 0 Å². The standard InChI is InChI=1S/C11H16N2O5S/c1-5(2)18-12-6-8(14)13-7(10(15)16)11(3,4)19(17)9(6)13/h5,7,9H,1-4H3,(H,15,16)/b12-6+/t7-,9+,19?/m0/s1. The van der Waals surface area contributed by atoms with Gasteiger partial charge in [-0.15, -0.1) is 0 Å². The molecule has 1 N–H and O–H groups in total. The van der Waals surface area contributed by atoms with Crippen molar-refractivity contribution in [2.45, 2.75) is 50.0 Å². The highest BCUT2D eigenvalue weighted by Gasteiger charge is 2.67. The van der Waals surface area contributed by atoms with Crippen molar-refractivity contribution in [3.8, 4) is 0 Å². The van der Waals surface area contributed by atoms with E-state index in [4.69, 9.17) is 4.84 Å². The highest BCUT2D eigenvalue weighted by Crippen LogP contribution is 2.42. The van der Waals surface area contributed by atoms with Crippen molar-refractivity contribution in [1.29, 1.82) is 0 Å². The third-order valence-electron chi connectivity index (χ3n) is 3.19. The summed E-state index contributed by atoms with van der Waals surface area (Å²) in [6.07, 6.45) is -0.201. The van der Waals surface area contributed by atoms with Crippen LogP contribution in [0.3, 0.4) is 0 Å². The summed E-state index contributed by atoms with van der Waals surface area (Å²) >= 11 is 0. The number of aliphatic carboxylic acids is 1. The van der Waals surface area contributed by atoms with Crippen molar-refractivity contribution in [3.63, 3.8) is 0 Å². The van der Waals surface area contributed by atoms with Crippen molar-refractivity contribution >= 4 is 28.4 Å². The summed E-state index contributed by atoms with van der Waals surface area (Å²) < 4.78 is 11.3. The maximum absolute atomic E-state index is 12.3. The topological polar surface area (TPSA) is 96.3 Å².